The van der Waals surface area contributed by atoms with Gasteiger partial charge in [-0.3, -0.25) is 14.2 Å². The third-order valence-electron chi connectivity index (χ3n) is 7.10. The molecule has 0 radical (unpaired) electrons. The Morgan fingerprint density at radius 1 is 0.350 bits per heavy atom. The number of rotatable bonds is 18. The molecule has 4 nitrogen and oxygen atoms in total. The number of ether oxygens (including phenoxy) is 3. The van der Waals surface area contributed by atoms with E-state index in [4.69, 9.17) is 5.11 Å². The Hall–Kier alpha value is -2.54. The lowest BCUT2D eigenvalue weighted by atomic mass is 9.90. The minimum absolute atomic E-state index is 0.971. The number of hydrogen-bond donors (Lipinski definition) is 1. The topological polar surface area (TPSA) is 47.9 Å². The fourth-order valence-corrected chi connectivity index (χ4v) is 3.57. The van der Waals surface area contributed by atoms with Gasteiger partial charge in [0.1, 0.15) is 0 Å². The van der Waals surface area contributed by atoms with Crippen molar-refractivity contribution < 1.29 is 169 Å². The van der Waals surface area contributed by atoms with Gasteiger partial charge in [0.2, 0.25) is 5.67 Å². The Morgan fingerprint density at radius 3 is 0.950 bits per heavy atom. The zero-order chi connectivity index (χ0) is 49.4. The lowest BCUT2D eigenvalue weighted by molar-refractivity contribution is -0.560. The Bertz CT molecular complexity index is 1470. The molecule has 0 aliphatic carbocycles. The van der Waals surface area contributed by atoms with Crippen molar-refractivity contribution in [3.63, 3.8) is 0 Å². The van der Waals surface area contributed by atoms with Gasteiger partial charge in [-0.05, 0) is 6.42 Å². The van der Waals surface area contributed by atoms with Gasteiger partial charge in [0.25, 0.3) is 0 Å². The van der Waals surface area contributed by atoms with Gasteiger partial charge in [0.15, 0.2) is 0 Å². The smallest absolute Gasteiger partial charge is 0.393 e. The molecule has 0 aliphatic rings. The Morgan fingerprint density at radius 2 is 0.667 bits per heavy atom. The first-order valence-electron chi connectivity index (χ1n) is 13.5. The van der Waals surface area contributed by atoms with Crippen LogP contribution in [0.15, 0.2) is 0 Å². The highest BCUT2D eigenvalue weighted by Gasteiger charge is 2.89. The second-order valence-corrected chi connectivity index (χ2v) is 11.6. The van der Waals surface area contributed by atoms with E-state index in [1.165, 1.54) is 4.74 Å². The van der Waals surface area contributed by atoms with Gasteiger partial charge in [-0.25, -0.2) is 8.78 Å². The summed E-state index contributed by atoms with van der Waals surface area (Å²) >= 11 is 0. The van der Waals surface area contributed by atoms with Gasteiger partial charge in [-0.2, -0.15) is 140 Å². The number of alkyl halides is 34. The maximum absolute atomic E-state index is 14.9. The van der Waals surface area contributed by atoms with E-state index < -0.39 is 135 Å². The first-order valence-corrected chi connectivity index (χ1v) is 13.5. The molecule has 0 saturated heterocycles. The highest BCUT2D eigenvalue weighted by atomic mass is 19.4. The molecule has 1 N–H and O–H groups in total. The third kappa shape index (κ3) is 9.66. The Kier molecular flexibility index (Phi) is 14.7. The van der Waals surface area contributed by atoms with Gasteiger partial charge >= 0.3 is 96.1 Å². The summed E-state index contributed by atoms with van der Waals surface area (Å²) in [6.45, 7) is -4.67. The van der Waals surface area contributed by atoms with E-state index in [9.17, 15) is 149 Å². The molecular formula is C22H12F34O4. The van der Waals surface area contributed by atoms with E-state index in [-0.39, 0.29) is 0 Å². The average molecular weight is 986 g/mol. The molecule has 0 amide bonds. The summed E-state index contributed by atoms with van der Waals surface area (Å²) in [5.74, 6) is -57.6. The fraction of sp³-hybridized carbons (Fsp3) is 1.00. The standard InChI is InChI=1S/C22H12F34O4/c1-6(23,24)11(31,32)21(53,54)60-14(35,19(48,49)50)22(55,56)59-13(34,18(45,46)47)10(29,30)4-8(26,16(39,40)41)20(51,52)58-12(33,17(42,43)44)9(27,28)3-2-7(25,5-57)15(36,37)38/h57H,2-5H2,1H3. The molecule has 38 heteroatoms. The molecule has 0 saturated carbocycles. The third-order valence-corrected chi connectivity index (χ3v) is 7.10. The Balaban J connectivity index is 7.86. The van der Waals surface area contributed by atoms with Crippen molar-refractivity contribution in [1.29, 1.82) is 0 Å². The van der Waals surface area contributed by atoms with E-state index in [1.54, 1.807) is 0 Å². The number of aliphatic hydroxyl groups excluding tert-OH is 1. The normalized spacial score (nSPS) is 20.8. The zero-order valence-corrected chi connectivity index (χ0v) is 26.9. The molecule has 5 unspecified atom stereocenters. The maximum Gasteiger partial charge on any atom is 0.458 e. The monoisotopic (exact) mass is 986 g/mol. The maximum atomic E-state index is 14.9. The summed E-state index contributed by atoms with van der Waals surface area (Å²) in [6.07, 6.45) is -81.6. The molecule has 0 aromatic carbocycles. The number of hydrogen-bond acceptors (Lipinski definition) is 4. The van der Waals surface area contributed by atoms with Crippen molar-refractivity contribution in [2.75, 3.05) is 6.61 Å². The van der Waals surface area contributed by atoms with Crippen LogP contribution in [0.4, 0.5) is 149 Å². The molecule has 0 spiro atoms. The van der Waals surface area contributed by atoms with Crippen molar-refractivity contribution in [3.05, 3.63) is 0 Å². The van der Waals surface area contributed by atoms with Gasteiger partial charge in [0, 0.05) is 13.3 Å². The predicted molar refractivity (Wildman–Crippen MR) is 114 cm³/mol. The van der Waals surface area contributed by atoms with Crippen LogP contribution >= 0.6 is 0 Å². The molecule has 0 fully saturated rings. The highest BCUT2D eigenvalue weighted by Crippen LogP contribution is 2.63. The van der Waals surface area contributed by atoms with Gasteiger partial charge in [-0.15, -0.1) is 0 Å². The molecule has 0 heterocycles. The minimum atomic E-state index is -9.20. The van der Waals surface area contributed by atoms with Crippen LogP contribution < -0.4 is 0 Å². The first-order chi connectivity index (χ1) is 25.3. The van der Waals surface area contributed by atoms with Gasteiger partial charge in [0.05, 0.1) is 13.0 Å². The fourth-order valence-electron chi connectivity index (χ4n) is 3.57. The molecule has 0 aliphatic heterocycles. The summed E-state index contributed by atoms with van der Waals surface area (Å²) in [5.41, 5.74) is -14.5. The van der Waals surface area contributed by atoms with E-state index in [1.807, 2.05) is 0 Å². The van der Waals surface area contributed by atoms with Crippen LogP contribution in [0.5, 0.6) is 0 Å². The van der Waals surface area contributed by atoms with Crippen LogP contribution in [0.2, 0.25) is 0 Å². The number of halogens is 34. The summed E-state index contributed by atoms with van der Waals surface area (Å²) < 4.78 is 468. The van der Waals surface area contributed by atoms with Gasteiger partial charge in [-0.1, -0.05) is 0 Å². The summed E-state index contributed by atoms with van der Waals surface area (Å²) in [6, 6.07) is 0. The van der Waals surface area contributed by atoms with E-state index in [0.29, 0.717) is 0 Å². The molecule has 0 aromatic heterocycles. The van der Waals surface area contributed by atoms with Crippen molar-refractivity contribution in [1.82, 2.24) is 0 Å². The predicted octanol–water partition coefficient (Wildman–Crippen LogP) is 11.8. The van der Waals surface area contributed by atoms with E-state index >= 15 is 0 Å². The largest absolute Gasteiger partial charge is 0.458 e. The zero-order valence-electron chi connectivity index (χ0n) is 26.9. The van der Waals surface area contributed by atoms with Crippen molar-refractivity contribution in [2.24, 2.45) is 0 Å². The van der Waals surface area contributed by atoms with E-state index in [0.717, 1.165) is 9.47 Å². The molecule has 0 rings (SSSR count). The van der Waals surface area contributed by atoms with Gasteiger partial charge < -0.3 is 5.11 Å². The van der Waals surface area contributed by atoms with Crippen LogP contribution in [-0.2, 0) is 14.2 Å². The summed E-state index contributed by atoms with van der Waals surface area (Å²) in [7, 11) is 0. The lowest BCUT2D eigenvalue weighted by Crippen LogP contribution is -2.71. The second kappa shape index (κ2) is 15.3. The van der Waals surface area contributed by atoms with E-state index in [2.05, 4.69) is 0 Å². The highest BCUT2D eigenvalue weighted by molar-refractivity contribution is 5.08. The van der Waals surface area contributed by atoms with Crippen molar-refractivity contribution in [2.45, 2.75) is 128 Å². The second-order valence-electron chi connectivity index (χ2n) is 11.6. The molecule has 60 heavy (non-hydrogen) atoms. The van der Waals surface area contributed by atoms with Crippen LogP contribution in [0.3, 0.4) is 0 Å². The average Bonchev–Trinajstić information content (AvgIpc) is 2.95. The molecule has 0 bridgehead atoms. The quantitative estimate of drug-likeness (QED) is 0.139. The van der Waals surface area contributed by atoms with Crippen LogP contribution in [0, 0.1) is 0 Å². The summed E-state index contributed by atoms with van der Waals surface area (Å²) in [5, 5.41) is 8.37. The van der Waals surface area contributed by atoms with Crippen LogP contribution in [0.25, 0.3) is 0 Å². The lowest BCUT2D eigenvalue weighted by Gasteiger charge is -2.45. The molecule has 362 valence electrons. The van der Waals surface area contributed by atoms with Crippen molar-refractivity contribution >= 4 is 0 Å². The molecule has 0 aromatic rings. The number of aliphatic hydroxyl groups is 1. The summed E-state index contributed by atoms with van der Waals surface area (Å²) in [4.78, 5) is 0. The SMILES string of the molecule is CC(F)(F)C(F)(F)C(F)(F)OC(F)(C(F)(F)F)C(F)(F)OC(F)(C(F)(F)F)C(F)(F)CC(F)(C(F)(F)F)C(F)(F)OC(F)(C(F)(F)F)C(F)(F)CCC(F)(CO)C(F)(F)F. The van der Waals surface area contributed by atoms with Crippen LogP contribution in [0.1, 0.15) is 26.2 Å². The molecule has 5 atom stereocenters. The Labute approximate surface area is 304 Å². The first kappa shape index (κ1) is 57.5. The minimum Gasteiger partial charge on any atom is -0.393 e. The molecular weight excluding hydrogens is 974 g/mol. The van der Waals surface area contributed by atoms with Crippen molar-refractivity contribution in [3.8, 4) is 0 Å². The van der Waals surface area contributed by atoms with Crippen LogP contribution in [-0.4, -0.2) is 114 Å².